The van der Waals surface area contributed by atoms with Gasteiger partial charge >= 0.3 is 0 Å². The molecule has 0 heterocycles. The van der Waals surface area contributed by atoms with E-state index < -0.39 is 0 Å². The third-order valence-electron chi connectivity index (χ3n) is 3.46. The fourth-order valence-corrected chi connectivity index (χ4v) is 2.97. The molecule has 0 radical (unpaired) electrons. The Hall–Kier alpha value is -0.520. The fraction of sp³-hybridized carbons (Fsp3) is 0.600. The molecule has 2 bridgehead atoms. The molecule has 0 unspecified atom stereocenters. The van der Waals surface area contributed by atoms with Crippen molar-refractivity contribution >= 4 is 0 Å². The van der Waals surface area contributed by atoms with Crippen LogP contribution < -0.4 is 0 Å². The van der Waals surface area contributed by atoms with Crippen LogP contribution in [0.15, 0.2) is 24.3 Å². The minimum atomic E-state index is 0.925. The molecule has 0 spiro atoms. The van der Waals surface area contributed by atoms with Crippen LogP contribution in [0, 0.1) is 23.7 Å². The van der Waals surface area contributed by atoms with Crippen molar-refractivity contribution in [3.05, 3.63) is 24.3 Å². The van der Waals surface area contributed by atoms with Gasteiger partial charge in [0.2, 0.25) is 0 Å². The molecule has 0 saturated heterocycles. The first-order valence-electron chi connectivity index (χ1n) is 4.30. The van der Waals surface area contributed by atoms with Crippen LogP contribution in [-0.2, 0) is 0 Å². The lowest BCUT2D eigenvalue weighted by atomic mass is 9.86. The Morgan fingerprint density at radius 1 is 1.00 bits per heavy atom. The van der Waals surface area contributed by atoms with E-state index in [1.54, 1.807) is 0 Å². The van der Waals surface area contributed by atoms with Gasteiger partial charge in [-0.05, 0) is 36.5 Å². The number of hydrogen-bond acceptors (Lipinski definition) is 0. The predicted octanol–water partition coefficient (Wildman–Crippen LogP) is 2.38. The maximum atomic E-state index is 2.44. The number of allylic oxidation sites excluding steroid dienone is 4. The Bertz CT molecular complexity index is 212. The van der Waals surface area contributed by atoms with Crippen molar-refractivity contribution in [2.24, 2.45) is 23.7 Å². The van der Waals surface area contributed by atoms with Gasteiger partial charge in [-0.15, -0.1) is 0 Å². The van der Waals surface area contributed by atoms with Crippen molar-refractivity contribution in [3.8, 4) is 0 Å². The summed E-state index contributed by atoms with van der Waals surface area (Å²) in [4.78, 5) is 0. The number of hydrogen-bond donors (Lipinski definition) is 0. The molecule has 0 amide bonds. The van der Waals surface area contributed by atoms with E-state index in [1.807, 2.05) is 0 Å². The second-order valence-corrected chi connectivity index (χ2v) is 3.85. The Balaban J connectivity index is 2.04. The Morgan fingerprint density at radius 3 is 2.80 bits per heavy atom. The standard InChI is InChI=1S/C10H12/c1-2-9-7-4-5-8(6-7)10(9)3-1/h1-2,4-5,7-10H,3,6H2/t7-,8+,9+,10-/m0/s1. The smallest absolute Gasteiger partial charge is 0.0133 e. The van der Waals surface area contributed by atoms with Crippen molar-refractivity contribution in [1.29, 1.82) is 0 Å². The summed E-state index contributed by atoms with van der Waals surface area (Å²) in [5.41, 5.74) is 0. The highest BCUT2D eigenvalue weighted by Crippen LogP contribution is 2.52. The quantitative estimate of drug-likeness (QED) is 0.444. The first-order valence-corrected chi connectivity index (χ1v) is 4.30. The van der Waals surface area contributed by atoms with E-state index in [0.29, 0.717) is 0 Å². The van der Waals surface area contributed by atoms with E-state index in [1.165, 1.54) is 12.8 Å². The minimum Gasteiger partial charge on any atom is -0.0879 e. The van der Waals surface area contributed by atoms with Crippen molar-refractivity contribution in [2.75, 3.05) is 0 Å². The molecule has 1 fully saturated rings. The summed E-state index contributed by atoms with van der Waals surface area (Å²) in [7, 11) is 0. The molecular weight excluding hydrogens is 120 g/mol. The number of fused-ring (bicyclic) bond motifs is 5. The molecule has 3 rings (SSSR count). The van der Waals surface area contributed by atoms with Crippen molar-refractivity contribution in [2.45, 2.75) is 12.8 Å². The Morgan fingerprint density at radius 2 is 1.90 bits per heavy atom. The SMILES string of the molecule is C1=C[C@H]2[C@@H](C1)[C@@H]1C=C[C@H]2C1. The van der Waals surface area contributed by atoms with Gasteiger partial charge in [-0.1, -0.05) is 24.3 Å². The molecule has 0 nitrogen and oxygen atoms in total. The van der Waals surface area contributed by atoms with Gasteiger partial charge in [-0.2, -0.15) is 0 Å². The van der Waals surface area contributed by atoms with Gasteiger partial charge in [-0.3, -0.25) is 0 Å². The van der Waals surface area contributed by atoms with Crippen LogP contribution in [0.4, 0.5) is 0 Å². The second kappa shape index (κ2) is 1.55. The lowest BCUT2D eigenvalue weighted by molar-refractivity contribution is 0.398. The van der Waals surface area contributed by atoms with E-state index in [0.717, 1.165) is 23.7 Å². The van der Waals surface area contributed by atoms with Gasteiger partial charge in [0.05, 0.1) is 0 Å². The molecule has 0 aromatic rings. The van der Waals surface area contributed by atoms with Gasteiger partial charge in [0.25, 0.3) is 0 Å². The summed E-state index contributed by atoms with van der Waals surface area (Å²) in [6.45, 7) is 0. The normalized spacial score (nSPS) is 54.4. The van der Waals surface area contributed by atoms with Gasteiger partial charge in [-0.25, -0.2) is 0 Å². The zero-order valence-electron chi connectivity index (χ0n) is 6.03. The summed E-state index contributed by atoms with van der Waals surface area (Å²) < 4.78 is 0. The average Bonchev–Trinajstić information content (AvgIpc) is 2.60. The van der Waals surface area contributed by atoms with E-state index in [4.69, 9.17) is 0 Å². The first kappa shape index (κ1) is 5.17. The second-order valence-electron chi connectivity index (χ2n) is 3.85. The summed E-state index contributed by atoms with van der Waals surface area (Å²) in [5, 5.41) is 0. The largest absolute Gasteiger partial charge is 0.0879 e. The lowest BCUT2D eigenvalue weighted by Crippen LogP contribution is -2.12. The van der Waals surface area contributed by atoms with Crippen LogP contribution in [0.3, 0.4) is 0 Å². The third kappa shape index (κ3) is 0.448. The van der Waals surface area contributed by atoms with Crippen molar-refractivity contribution in [3.63, 3.8) is 0 Å². The summed E-state index contributed by atoms with van der Waals surface area (Å²) in [6, 6.07) is 0. The highest BCUT2D eigenvalue weighted by molar-refractivity contribution is 5.21. The highest BCUT2D eigenvalue weighted by Gasteiger charge is 2.44. The van der Waals surface area contributed by atoms with Gasteiger partial charge in [0, 0.05) is 0 Å². The maximum absolute atomic E-state index is 2.44. The molecule has 52 valence electrons. The van der Waals surface area contributed by atoms with Gasteiger partial charge < -0.3 is 0 Å². The third-order valence-corrected chi connectivity index (χ3v) is 3.46. The van der Waals surface area contributed by atoms with Crippen LogP contribution in [0.1, 0.15) is 12.8 Å². The monoisotopic (exact) mass is 132 g/mol. The van der Waals surface area contributed by atoms with Crippen LogP contribution in [0.2, 0.25) is 0 Å². The van der Waals surface area contributed by atoms with E-state index in [2.05, 4.69) is 24.3 Å². The zero-order chi connectivity index (χ0) is 6.55. The van der Waals surface area contributed by atoms with E-state index in [9.17, 15) is 0 Å². The highest BCUT2D eigenvalue weighted by atomic mass is 14.5. The summed E-state index contributed by atoms with van der Waals surface area (Å²) >= 11 is 0. The van der Waals surface area contributed by atoms with Crippen LogP contribution in [-0.4, -0.2) is 0 Å². The molecule has 3 aliphatic carbocycles. The number of rotatable bonds is 0. The van der Waals surface area contributed by atoms with Gasteiger partial charge in [0.15, 0.2) is 0 Å². The van der Waals surface area contributed by atoms with Crippen LogP contribution >= 0.6 is 0 Å². The summed E-state index contributed by atoms with van der Waals surface area (Å²) in [5.74, 6) is 3.82. The Labute approximate surface area is 61.6 Å². The zero-order valence-corrected chi connectivity index (χ0v) is 6.03. The molecule has 0 aromatic heterocycles. The fourth-order valence-electron chi connectivity index (χ4n) is 2.97. The van der Waals surface area contributed by atoms with Crippen LogP contribution in [0.25, 0.3) is 0 Å². The Kier molecular flexibility index (Phi) is 0.803. The topological polar surface area (TPSA) is 0 Å². The lowest BCUT2D eigenvalue weighted by Gasteiger charge is -2.18. The first-order chi connectivity index (χ1) is 4.95. The van der Waals surface area contributed by atoms with Crippen molar-refractivity contribution < 1.29 is 0 Å². The molecule has 0 aliphatic heterocycles. The minimum absolute atomic E-state index is 0.925. The molecule has 3 aliphatic rings. The molecule has 4 atom stereocenters. The molecule has 0 heteroatoms. The summed E-state index contributed by atoms with van der Waals surface area (Å²) in [6.07, 6.45) is 12.5. The molecule has 10 heavy (non-hydrogen) atoms. The predicted molar refractivity (Wildman–Crippen MR) is 41.5 cm³/mol. The molecule has 0 aromatic carbocycles. The molecule has 1 saturated carbocycles. The average molecular weight is 132 g/mol. The maximum Gasteiger partial charge on any atom is -0.0133 e. The van der Waals surface area contributed by atoms with Crippen molar-refractivity contribution in [1.82, 2.24) is 0 Å². The van der Waals surface area contributed by atoms with Crippen LogP contribution in [0.5, 0.6) is 0 Å². The van der Waals surface area contributed by atoms with Gasteiger partial charge in [0.1, 0.15) is 0 Å². The van der Waals surface area contributed by atoms with E-state index in [-0.39, 0.29) is 0 Å². The molecular formula is C10H12. The van der Waals surface area contributed by atoms with E-state index >= 15 is 0 Å². The molecule has 0 N–H and O–H groups in total.